The highest BCUT2D eigenvalue weighted by molar-refractivity contribution is 7.99. The van der Waals surface area contributed by atoms with Crippen LogP contribution in [-0.2, 0) is 0 Å². The fourth-order valence-electron chi connectivity index (χ4n) is 1.29. The van der Waals surface area contributed by atoms with Crippen molar-refractivity contribution in [3.05, 3.63) is 29.3 Å². The van der Waals surface area contributed by atoms with Crippen LogP contribution in [0, 0.1) is 13.8 Å². The number of anilines is 1. The Morgan fingerprint density at radius 3 is 2.72 bits per heavy atom. The summed E-state index contributed by atoms with van der Waals surface area (Å²) in [6.45, 7) is 3.69. The van der Waals surface area contributed by atoms with Gasteiger partial charge < -0.3 is 15.9 Å². The highest BCUT2D eigenvalue weighted by atomic mass is 32.2. The SMILES string of the molecule is Cc1nc(Sc2cc(C(N)=O)c(N)cn2)oc1C. The van der Waals surface area contributed by atoms with E-state index in [1.807, 2.05) is 13.8 Å². The first-order valence-electron chi connectivity index (χ1n) is 5.14. The molecule has 0 spiro atoms. The fourth-order valence-corrected chi connectivity index (χ4v) is 2.10. The zero-order chi connectivity index (χ0) is 13.3. The number of oxazole rings is 1. The van der Waals surface area contributed by atoms with Crippen LogP contribution < -0.4 is 11.5 Å². The van der Waals surface area contributed by atoms with Gasteiger partial charge in [-0.05, 0) is 31.7 Å². The summed E-state index contributed by atoms with van der Waals surface area (Å²) in [6.07, 6.45) is 1.39. The molecule has 2 rings (SSSR count). The molecular formula is C11H12N4O2S. The van der Waals surface area contributed by atoms with Gasteiger partial charge in [-0.15, -0.1) is 0 Å². The van der Waals surface area contributed by atoms with Gasteiger partial charge in [0, 0.05) is 0 Å². The molecule has 0 saturated heterocycles. The Balaban J connectivity index is 2.29. The van der Waals surface area contributed by atoms with Gasteiger partial charge in [0.25, 0.3) is 11.1 Å². The van der Waals surface area contributed by atoms with Crippen LogP contribution in [0.25, 0.3) is 0 Å². The number of rotatable bonds is 3. The van der Waals surface area contributed by atoms with Gasteiger partial charge in [0.15, 0.2) is 0 Å². The smallest absolute Gasteiger partial charge is 0.262 e. The first-order chi connectivity index (χ1) is 8.47. The second-order valence-electron chi connectivity index (χ2n) is 3.70. The monoisotopic (exact) mass is 264 g/mol. The number of aromatic nitrogens is 2. The molecule has 2 heterocycles. The molecule has 1 amide bonds. The molecule has 0 bridgehead atoms. The van der Waals surface area contributed by atoms with E-state index < -0.39 is 5.91 Å². The van der Waals surface area contributed by atoms with Crippen molar-refractivity contribution in [3.8, 4) is 0 Å². The molecule has 0 unspecified atom stereocenters. The normalized spacial score (nSPS) is 10.6. The lowest BCUT2D eigenvalue weighted by atomic mass is 10.2. The lowest BCUT2D eigenvalue weighted by molar-refractivity contribution is 0.100. The minimum absolute atomic E-state index is 0.243. The summed E-state index contributed by atoms with van der Waals surface area (Å²) < 4.78 is 5.41. The lowest BCUT2D eigenvalue weighted by Gasteiger charge is -2.02. The van der Waals surface area contributed by atoms with Crippen LogP contribution in [-0.4, -0.2) is 15.9 Å². The molecule has 0 fully saturated rings. The topological polar surface area (TPSA) is 108 Å². The largest absolute Gasteiger partial charge is 0.436 e. The van der Waals surface area contributed by atoms with E-state index in [1.165, 1.54) is 24.0 Å². The number of carbonyl (C=O) groups excluding carboxylic acids is 1. The van der Waals surface area contributed by atoms with Crippen LogP contribution in [0.1, 0.15) is 21.8 Å². The molecule has 18 heavy (non-hydrogen) atoms. The van der Waals surface area contributed by atoms with Crippen molar-refractivity contribution in [3.63, 3.8) is 0 Å². The van der Waals surface area contributed by atoms with Crippen molar-refractivity contribution < 1.29 is 9.21 Å². The third kappa shape index (κ3) is 2.45. The molecule has 0 aliphatic rings. The van der Waals surface area contributed by atoms with E-state index in [9.17, 15) is 4.79 Å². The van der Waals surface area contributed by atoms with Crippen molar-refractivity contribution in [2.75, 3.05) is 5.73 Å². The number of amides is 1. The number of nitrogen functional groups attached to an aromatic ring is 1. The Morgan fingerprint density at radius 2 is 2.17 bits per heavy atom. The fraction of sp³-hybridized carbons (Fsp3) is 0.182. The number of nitrogens with two attached hydrogens (primary N) is 2. The van der Waals surface area contributed by atoms with Gasteiger partial charge in [-0.3, -0.25) is 4.79 Å². The first kappa shape index (κ1) is 12.4. The number of hydrogen-bond donors (Lipinski definition) is 2. The summed E-state index contributed by atoms with van der Waals surface area (Å²) in [6, 6.07) is 1.52. The van der Waals surface area contributed by atoms with Crippen molar-refractivity contribution in [1.82, 2.24) is 9.97 Å². The molecule has 2 aromatic heterocycles. The number of aryl methyl sites for hydroxylation is 2. The predicted molar refractivity (Wildman–Crippen MR) is 67.3 cm³/mol. The second-order valence-corrected chi connectivity index (χ2v) is 4.67. The second kappa shape index (κ2) is 4.69. The molecule has 7 heteroatoms. The van der Waals surface area contributed by atoms with Gasteiger partial charge in [-0.1, -0.05) is 0 Å². The number of primary amides is 1. The van der Waals surface area contributed by atoms with Crippen LogP contribution in [0.3, 0.4) is 0 Å². The molecule has 2 aromatic rings. The number of carbonyl (C=O) groups is 1. The first-order valence-corrected chi connectivity index (χ1v) is 5.96. The van der Waals surface area contributed by atoms with Crippen molar-refractivity contribution in [2.24, 2.45) is 5.73 Å². The van der Waals surface area contributed by atoms with E-state index in [0.29, 0.717) is 10.2 Å². The molecule has 0 aliphatic heterocycles. The van der Waals surface area contributed by atoms with Crippen LogP contribution in [0.2, 0.25) is 0 Å². The molecule has 4 N–H and O–H groups in total. The zero-order valence-corrected chi connectivity index (χ0v) is 10.7. The highest BCUT2D eigenvalue weighted by Gasteiger charge is 2.12. The van der Waals surface area contributed by atoms with Gasteiger partial charge in [0.1, 0.15) is 10.8 Å². The third-order valence-corrected chi connectivity index (χ3v) is 3.16. The molecule has 0 aliphatic carbocycles. The summed E-state index contributed by atoms with van der Waals surface area (Å²) in [5.41, 5.74) is 12.1. The van der Waals surface area contributed by atoms with Crippen LogP contribution >= 0.6 is 11.8 Å². The van der Waals surface area contributed by atoms with Gasteiger partial charge in [0.05, 0.1) is 23.1 Å². The minimum atomic E-state index is -0.587. The standard InChI is InChI=1S/C11H12N4O2S/c1-5-6(2)17-11(15-5)18-9-3-7(10(13)16)8(12)4-14-9/h3-4H,12H2,1-2H3,(H2,13,16). The Labute approximate surface area is 108 Å². The summed E-state index contributed by atoms with van der Waals surface area (Å²) in [5.74, 6) is 0.166. The maximum Gasteiger partial charge on any atom is 0.262 e. The number of nitrogens with zero attached hydrogens (tertiary/aromatic N) is 2. The molecule has 0 atom stereocenters. The molecule has 0 radical (unpaired) electrons. The van der Waals surface area contributed by atoms with Crippen LogP contribution in [0.4, 0.5) is 5.69 Å². The lowest BCUT2D eigenvalue weighted by Crippen LogP contribution is -2.13. The maximum atomic E-state index is 11.2. The molecule has 0 saturated carbocycles. The average Bonchev–Trinajstić information content (AvgIpc) is 2.60. The summed E-state index contributed by atoms with van der Waals surface area (Å²) in [4.78, 5) is 19.4. The summed E-state index contributed by atoms with van der Waals surface area (Å²) in [5, 5.41) is 1.02. The van der Waals surface area contributed by atoms with Crippen molar-refractivity contribution in [1.29, 1.82) is 0 Å². The van der Waals surface area contributed by atoms with Gasteiger partial charge in [-0.25, -0.2) is 9.97 Å². The third-order valence-electron chi connectivity index (χ3n) is 2.38. The van der Waals surface area contributed by atoms with E-state index in [4.69, 9.17) is 15.9 Å². The van der Waals surface area contributed by atoms with Crippen LogP contribution in [0.15, 0.2) is 26.9 Å². The molecule has 6 nitrogen and oxygen atoms in total. The molecular weight excluding hydrogens is 252 g/mol. The van der Waals surface area contributed by atoms with Gasteiger partial charge in [0.2, 0.25) is 0 Å². The van der Waals surface area contributed by atoms with E-state index in [1.54, 1.807) is 0 Å². The molecule has 94 valence electrons. The predicted octanol–water partition coefficient (Wildman–Crippen LogP) is 1.52. The Morgan fingerprint density at radius 1 is 1.44 bits per heavy atom. The van der Waals surface area contributed by atoms with E-state index in [2.05, 4.69) is 9.97 Å². The zero-order valence-electron chi connectivity index (χ0n) is 9.93. The number of hydrogen-bond acceptors (Lipinski definition) is 6. The van der Waals surface area contributed by atoms with E-state index in [0.717, 1.165) is 11.5 Å². The Hall–Kier alpha value is -2.02. The Kier molecular flexibility index (Phi) is 3.24. The Bertz CT molecular complexity index is 590. The van der Waals surface area contributed by atoms with Gasteiger partial charge >= 0.3 is 0 Å². The summed E-state index contributed by atoms with van der Waals surface area (Å²) in [7, 11) is 0. The maximum absolute atomic E-state index is 11.2. The van der Waals surface area contributed by atoms with Gasteiger partial charge in [-0.2, -0.15) is 0 Å². The number of pyridine rings is 1. The van der Waals surface area contributed by atoms with Crippen molar-refractivity contribution >= 4 is 23.4 Å². The van der Waals surface area contributed by atoms with E-state index in [-0.39, 0.29) is 11.3 Å². The molecule has 0 aromatic carbocycles. The highest BCUT2D eigenvalue weighted by Crippen LogP contribution is 2.28. The minimum Gasteiger partial charge on any atom is -0.436 e. The van der Waals surface area contributed by atoms with Crippen LogP contribution in [0.5, 0.6) is 0 Å². The average molecular weight is 264 g/mol. The van der Waals surface area contributed by atoms with E-state index >= 15 is 0 Å². The van der Waals surface area contributed by atoms with Crippen molar-refractivity contribution in [2.45, 2.75) is 24.1 Å². The quantitative estimate of drug-likeness (QED) is 0.870. The summed E-state index contributed by atoms with van der Waals surface area (Å²) >= 11 is 1.21.